The maximum atomic E-state index is 4.62. The fourth-order valence-corrected chi connectivity index (χ4v) is 5.19. The molecule has 0 N–H and O–H groups in total. The molecule has 2 aromatic heterocycles. The molecule has 1 unspecified atom stereocenters. The van der Waals surface area contributed by atoms with Crippen molar-refractivity contribution in [3.05, 3.63) is 140 Å². The summed E-state index contributed by atoms with van der Waals surface area (Å²) in [6, 6.07) is 38.8. The van der Waals surface area contributed by atoms with Crippen LogP contribution in [0.4, 0.5) is 0 Å². The Bertz CT molecular complexity index is 1760. The SMILES string of the molecule is [Au+3].[c-]1ccccc1C1=CC=CC(n2c3[c-]c4c(-c5ccccn5)cccc4cc3c3ccccc32)[CH-]1. The Morgan fingerprint density at radius 1 is 0.861 bits per heavy atom. The Balaban J connectivity index is 0.00000240. The molecule has 1 aliphatic rings. The number of hydrogen-bond acceptors (Lipinski definition) is 1. The topological polar surface area (TPSA) is 17.8 Å². The van der Waals surface area contributed by atoms with Gasteiger partial charge in [0.1, 0.15) is 0 Å². The quantitative estimate of drug-likeness (QED) is 0.141. The number of aromatic nitrogens is 2. The molecular formula is C33H21AuN2. The summed E-state index contributed by atoms with van der Waals surface area (Å²) in [5, 5.41) is 4.73. The fourth-order valence-electron chi connectivity index (χ4n) is 5.19. The van der Waals surface area contributed by atoms with E-state index in [0.717, 1.165) is 27.7 Å². The van der Waals surface area contributed by atoms with Gasteiger partial charge in [-0.2, -0.15) is 18.6 Å². The van der Waals surface area contributed by atoms with E-state index < -0.39 is 0 Å². The molecule has 0 fully saturated rings. The minimum Gasteiger partial charge on any atom is -0.360 e. The standard InChI is InChI=1S/C33H21N2.Au/c1-2-10-23(11-3-1)24-12-8-14-26(20-24)35-32-18-5-4-15-28(32)30-21-25-13-9-16-27(29(25)22-33(30)35)31-17-6-7-19-34-31;/h1-10,12-21,26H;/q-3;+3. The third kappa shape index (κ3) is 3.71. The Morgan fingerprint density at radius 3 is 2.61 bits per heavy atom. The van der Waals surface area contributed by atoms with Gasteiger partial charge in [-0.05, 0) is 29.1 Å². The van der Waals surface area contributed by atoms with Gasteiger partial charge >= 0.3 is 22.4 Å². The van der Waals surface area contributed by atoms with Crippen LogP contribution < -0.4 is 0 Å². The van der Waals surface area contributed by atoms with Gasteiger partial charge in [-0.25, -0.2) is 18.2 Å². The van der Waals surface area contributed by atoms with Crippen LogP contribution in [0.25, 0.3) is 49.4 Å². The summed E-state index contributed by atoms with van der Waals surface area (Å²) in [5.41, 5.74) is 6.66. The second-order valence-corrected chi connectivity index (χ2v) is 8.84. The maximum absolute atomic E-state index is 4.62. The molecule has 0 saturated carbocycles. The number of hydrogen-bond donors (Lipinski definition) is 0. The molecule has 2 heterocycles. The fraction of sp³-hybridized carbons (Fsp3) is 0.0303. The molecule has 2 nitrogen and oxygen atoms in total. The van der Waals surface area contributed by atoms with Crippen molar-refractivity contribution in [2.24, 2.45) is 0 Å². The zero-order valence-corrected chi connectivity index (χ0v) is 21.5. The zero-order valence-electron chi connectivity index (χ0n) is 19.3. The number of pyridine rings is 1. The first-order chi connectivity index (χ1) is 17.4. The molecule has 36 heavy (non-hydrogen) atoms. The molecule has 1 atom stereocenters. The molecule has 4 aromatic carbocycles. The Hall–Kier alpha value is -3.82. The predicted octanol–water partition coefficient (Wildman–Crippen LogP) is 8.01. The number of nitrogens with zero attached hydrogens (tertiary/aromatic N) is 2. The minimum atomic E-state index is 0. The van der Waals surface area contributed by atoms with E-state index in [0.29, 0.717) is 0 Å². The first kappa shape index (κ1) is 22.6. The van der Waals surface area contributed by atoms with E-state index in [9.17, 15) is 0 Å². The van der Waals surface area contributed by atoms with Gasteiger partial charge < -0.3 is 4.57 Å². The normalized spacial score (nSPS) is 15.0. The molecule has 0 radical (unpaired) electrons. The van der Waals surface area contributed by atoms with Crippen LogP contribution in [0.5, 0.6) is 0 Å². The molecule has 0 bridgehead atoms. The van der Waals surface area contributed by atoms with Crippen molar-refractivity contribution in [3.8, 4) is 11.3 Å². The van der Waals surface area contributed by atoms with Crippen molar-refractivity contribution in [3.63, 3.8) is 0 Å². The van der Waals surface area contributed by atoms with Crippen molar-refractivity contribution in [1.82, 2.24) is 9.55 Å². The molecule has 174 valence electrons. The largest absolute Gasteiger partial charge is 3.00 e. The molecular weight excluding hydrogens is 621 g/mol. The molecule has 0 spiro atoms. The van der Waals surface area contributed by atoms with Crippen molar-refractivity contribution in [2.45, 2.75) is 6.04 Å². The van der Waals surface area contributed by atoms with Crippen molar-refractivity contribution >= 4 is 38.2 Å². The van der Waals surface area contributed by atoms with E-state index in [2.05, 4.69) is 113 Å². The number of rotatable bonds is 3. The average molecular weight is 643 g/mol. The Labute approximate surface area is 226 Å². The van der Waals surface area contributed by atoms with Gasteiger partial charge in [0, 0.05) is 23.4 Å². The predicted molar refractivity (Wildman–Crippen MR) is 145 cm³/mol. The molecule has 3 heteroatoms. The van der Waals surface area contributed by atoms with E-state index in [4.69, 9.17) is 0 Å². The first-order valence-corrected chi connectivity index (χ1v) is 11.9. The summed E-state index contributed by atoms with van der Waals surface area (Å²) in [6.07, 6.45) is 10.7. The van der Waals surface area contributed by atoms with Crippen LogP contribution >= 0.6 is 0 Å². The summed E-state index contributed by atoms with van der Waals surface area (Å²) in [4.78, 5) is 4.62. The van der Waals surface area contributed by atoms with Gasteiger partial charge in [-0.1, -0.05) is 59.5 Å². The zero-order chi connectivity index (χ0) is 23.2. The summed E-state index contributed by atoms with van der Waals surface area (Å²) < 4.78 is 2.41. The van der Waals surface area contributed by atoms with Gasteiger partial charge in [0.2, 0.25) is 0 Å². The second-order valence-electron chi connectivity index (χ2n) is 8.84. The van der Waals surface area contributed by atoms with Gasteiger partial charge in [-0.3, -0.25) is 16.1 Å². The van der Waals surface area contributed by atoms with Crippen LogP contribution in [-0.2, 0) is 22.4 Å². The number of para-hydroxylation sites is 1. The number of allylic oxidation sites excluding steroid dienone is 4. The molecule has 6 aromatic rings. The number of benzene rings is 4. The van der Waals surface area contributed by atoms with Gasteiger partial charge in [-0.15, -0.1) is 35.0 Å². The van der Waals surface area contributed by atoms with E-state index in [1.807, 2.05) is 30.5 Å². The monoisotopic (exact) mass is 642 g/mol. The summed E-state index contributed by atoms with van der Waals surface area (Å²) >= 11 is 0. The van der Waals surface area contributed by atoms with Crippen LogP contribution in [0.3, 0.4) is 0 Å². The summed E-state index contributed by atoms with van der Waals surface area (Å²) in [6.45, 7) is 0. The van der Waals surface area contributed by atoms with Crippen LogP contribution in [0.2, 0.25) is 0 Å². The minimum absolute atomic E-state index is 0. The molecule has 0 saturated heterocycles. The molecule has 0 amide bonds. The van der Waals surface area contributed by atoms with Gasteiger partial charge in [0.15, 0.2) is 0 Å². The summed E-state index contributed by atoms with van der Waals surface area (Å²) in [7, 11) is 0. The van der Waals surface area contributed by atoms with Crippen LogP contribution in [0.15, 0.2) is 115 Å². The van der Waals surface area contributed by atoms with Gasteiger partial charge in [0.25, 0.3) is 0 Å². The Morgan fingerprint density at radius 2 is 1.75 bits per heavy atom. The van der Waals surface area contributed by atoms with Crippen molar-refractivity contribution < 1.29 is 22.4 Å². The summed E-state index contributed by atoms with van der Waals surface area (Å²) in [5.74, 6) is 0. The third-order valence-electron chi connectivity index (χ3n) is 6.78. The maximum Gasteiger partial charge on any atom is 3.00 e. The molecule has 0 aliphatic heterocycles. The van der Waals surface area contributed by atoms with Crippen LogP contribution in [0, 0.1) is 18.6 Å². The molecule has 1 aliphatic carbocycles. The third-order valence-corrected chi connectivity index (χ3v) is 6.78. The van der Waals surface area contributed by atoms with Crippen LogP contribution in [-0.4, -0.2) is 9.55 Å². The Kier molecular flexibility index (Phi) is 5.86. The van der Waals surface area contributed by atoms with E-state index in [1.165, 1.54) is 27.2 Å². The van der Waals surface area contributed by atoms with E-state index >= 15 is 0 Å². The average Bonchev–Trinajstić information content (AvgIpc) is 3.26. The van der Waals surface area contributed by atoms with E-state index in [1.54, 1.807) is 0 Å². The second kappa shape index (κ2) is 9.33. The van der Waals surface area contributed by atoms with Crippen molar-refractivity contribution in [1.29, 1.82) is 0 Å². The van der Waals surface area contributed by atoms with E-state index in [-0.39, 0.29) is 28.4 Å². The molecule has 7 rings (SSSR count). The van der Waals surface area contributed by atoms with Crippen LogP contribution in [0.1, 0.15) is 11.6 Å². The first-order valence-electron chi connectivity index (χ1n) is 11.9. The van der Waals surface area contributed by atoms with Crippen molar-refractivity contribution in [2.75, 3.05) is 0 Å². The van der Waals surface area contributed by atoms with Gasteiger partial charge in [0.05, 0.1) is 0 Å². The number of fused-ring (bicyclic) bond motifs is 4. The smallest absolute Gasteiger partial charge is 0.360 e.